The molecule has 1 aromatic carbocycles. The van der Waals surface area contributed by atoms with Gasteiger partial charge >= 0.3 is 6.03 Å². The van der Waals surface area contributed by atoms with Crippen molar-refractivity contribution in [2.75, 3.05) is 19.4 Å². The minimum Gasteiger partial charge on any atom is -0.328 e. The van der Waals surface area contributed by atoms with Crippen molar-refractivity contribution >= 4 is 11.7 Å². The number of rotatable bonds is 6. The lowest BCUT2D eigenvalue weighted by atomic mass is 10.0. The van der Waals surface area contributed by atoms with E-state index in [0.717, 1.165) is 23.6 Å². The third-order valence-corrected chi connectivity index (χ3v) is 3.53. The summed E-state index contributed by atoms with van der Waals surface area (Å²) in [5, 5.41) is 12.8. The predicted octanol–water partition coefficient (Wildman–Crippen LogP) is 2.69. The average Bonchev–Trinajstić information content (AvgIpc) is 2.90. The Hall–Kier alpha value is -2.41. The summed E-state index contributed by atoms with van der Waals surface area (Å²) in [6.07, 6.45) is 0. The first-order valence-corrected chi connectivity index (χ1v) is 8.05. The van der Waals surface area contributed by atoms with Gasteiger partial charge in [-0.1, -0.05) is 26.0 Å². The number of nitrogens with zero attached hydrogens (tertiary/aromatic N) is 3. The van der Waals surface area contributed by atoms with Crippen molar-refractivity contribution in [1.82, 2.24) is 25.4 Å². The summed E-state index contributed by atoms with van der Waals surface area (Å²) in [6.45, 7) is 6.70. The molecule has 0 radical (unpaired) electrons. The molecule has 2 aromatic rings. The summed E-state index contributed by atoms with van der Waals surface area (Å²) in [6, 6.07) is 7.31. The molecule has 2 amide bonds. The Morgan fingerprint density at radius 1 is 1.33 bits per heavy atom. The number of urea groups is 1. The molecule has 0 aliphatic rings. The monoisotopic (exact) mass is 330 g/mol. The van der Waals surface area contributed by atoms with Gasteiger partial charge in [-0.25, -0.2) is 9.78 Å². The quantitative estimate of drug-likeness (QED) is 0.760. The lowest BCUT2D eigenvalue weighted by Crippen LogP contribution is -2.35. The van der Waals surface area contributed by atoms with Crippen molar-refractivity contribution in [3.63, 3.8) is 0 Å². The highest BCUT2D eigenvalue weighted by Gasteiger charge is 2.22. The molecule has 1 heterocycles. The van der Waals surface area contributed by atoms with E-state index in [1.165, 1.54) is 0 Å². The second kappa shape index (κ2) is 7.92. The molecule has 3 N–H and O–H groups in total. The van der Waals surface area contributed by atoms with Crippen LogP contribution in [0.1, 0.15) is 37.1 Å². The highest BCUT2D eigenvalue weighted by atomic mass is 16.2. The zero-order valence-electron chi connectivity index (χ0n) is 14.9. The molecular formula is C17H26N6O. The van der Waals surface area contributed by atoms with Crippen LogP contribution >= 0.6 is 0 Å². The maximum absolute atomic E-state index is 12.3. The van der Waals surface area contributed by atoms with E-state index in [1.807, 2.05) is 59.1 Å². The maximum Gasteiger partial charge on any atom is 0.319 e. The van der Waals surface area contributed by atoms with Gasteiger partial charge < -0.3 is 15.5 Å². The third-order valence-electron chi connectivity index (χ3n) is 3.53. The minimum absolute atomic E-state index is 0.172. The van der Waals surface area contributed by atoms with Crippen molar-refractivity contribution in [1.29, 1.82) is 0 Å². The molecule has 7 heteroatoms. The Bertz CT molecular complexity index is 679. The molecule has 24 heavy (non-hydrogen) atoms. The summed E-state index contributed by atoms with van der Waals surface area (Å²) < 4.78 is 0. The Morgan fingerprint density at radius 2 is 2.08 bits per heavy atom. The highest BCUT2D eigenvalue weighted by Crippen LogP contribution is 2.19. The van der Waals surface area contributed by atoms with Crippen molar-refractivity contribution in [2.24, 2.45) is 5.92 Å². The van der Waals surface area contributed by atoms with Crippen molar-refractivity contribution in [3.05, 3.63) is 41.5 Å². The normalized spacial score (nSPS) is 12.5. The van der Waals surface area contributed by atoms with Gasteiger partial charge in [-0.2, -0.15) is 5.10 Å². The number of hydrogen-bond donors (Lipinski definition) is 3. The molecule has 1 atom stereocenters. The molecule has 0 aliphatic heterocycles. The van der Waals surface area contributed by atoms with Crippen molar-refractivity contribution < 1.29 is 4.79 Å². The second-order valence-corrected chi connectivity index (χ2v) is 6.54. The molecule has 2 rings (SSSR count). The van der Waals surface area contributed by atoms with Gasteiger partial charge in [0.2, 0.25) is 0 Å². The van der Waals surface area contributed by atoms with Crippen LogP contribution in [0.25, 0.3) is 0 Å². The molecule has 0 saturated carbocycles. The van der Waals surface area contributed by atoms with Gasteiger partial charge in [0.15, 0.2) is 5.82 Å². The van der Waals surface area contributed by atoms with E-state index in [0.29, 0.717) is 5.82 Å². The van der Waals surface area contributed by atoms with Crippen LogP contribution in [-0.4, -0.2) is 40.2 Å². The summed E-state index contributed by atoms with van der Waals surface area (Å²) in [7, 11) is 4.03. The smallest absolute Gasteiger partial charge is 0.319 e. The average molecular weight is 330 g/mol. The molecule has 7 nitrogen and oxygen atoms in total. The van der Waals surface area contributed by atoms with Crippen LogP contribution in [0.2, 0.25) is 0 Å². The Kier molecular flexibility index (Phi) is 5.92. The Morgan fingerprint density at radius 3 is 2.67 bits per heavy atom. The summed E-state index contributed by atoms with van der Waals surface area (Å²) in [4.78, 5) is 18.7. The number of nitrogens with one attached hydrogen (secondary N) is 3. The molecule has 0 saturated heterocycles. The minimum atomic E-state index is -0.266. The predicted molar refractivity (Wildman–Crippen MR) is 94.7 cm³/mol. The van der Waals surface area contributed by atoms with Crippen LogP contribution in [0.5, 0.6) is 0 Å². The fourth-order valence-electron chi connectivity index (χ4n) is 2.45. The van der Waals surface area contributed by atoms with Gasteiger partial charge in [0.05, 0.1) is 6.04 Å². The van der Waals surface area contributed by atoms with Crippen molar-refractivity contribution in [2.45, 2.75) is 33.4 Å². The van der Waals surface area contributed by atoms with Crippen LogP contribution in [0.15, 0.2) is 24.3 Å². The topological polar surface area (TPSA) is 85.9 Å². The number of aromatic amines is 1. The van der Waals surface area contributed by atoms with Crippen LogP contribution < -0.4 is 10.6 Å². The molecule has 130 valence electrons. The SMILES string of the molecule is Cc1nc([C@H](NC(=O)Nc2cccc(CN(C)C)c2)C(C)C)n[nH]1. The number of amides is 2. The molecule has 0 bridgehead atoms. The lowest BCUT2D eigenvalue weighted by Gasteiger charge is -2.20. The number of anilines is 1. The zero-order chi connectivity index (χ0) is 17.7. The van der Waals surface area contributed by atoms with E-state index in [4.69, 9.17) is 0 Å². The van der Waals surface area contributed by atoms with Gasteiger partial charge in [0.1, 0.15) is 5.82 Å². The van der Waals surface area contributed by atoms with E-state index < -0.39 is 0 Å². The van der Waals surface area contributed by atoms with Gasteiger partial charge in [-0.05, 0) is 44.6 Å². The van der Waals surface area contributed by atoms with Crippen molar-refractivity contribution in [3.8, 4) is 0 Å². The number of aromatic nitrogens is 3. The number of carbonyl (C=O) groups is 1. The van der Waals surface area contributed by atoms with Crippen LogP contribution in [0, 0.1) is 12.8 Å². The largest absolute Gasteiger partial charge is 0.328 e. The number of carbonyl (C=O) groups excluding carboxylic acids is 1. The standard InChI is InChI=1S/C17H26N6O/c1-11(2)15(16-18-12(3)21-22-16)20-17(24)19-14-8-6-7-13(9-14)10-23(4)5/h6-9,11,15H,10H2,1-5H3,(H,18,21,22)(H2,19,20,24)/t15-/m1/s1. The number of H-pyrrole nitrogens is 1. The van der Waals surface area contributed by atoms with E-state index >= 15 is 0 Å². The molecule has 1 aromatic heterocycles. The summed E-state index contributed by atoms with van der Waals surface area (Å²) >= 11 is 0. The van der Waals surface area contributed by atoms with E-state index in [2.05, 4.69) is 30.7 Å². The zero-order valence-corrected chi connectivity index (χ0v) is 14.9. The summed E-state index contributed by atoms with van der Waals surface area (Å²) in [5.74, 6) is 1.50. The van der Waals surface area contributed by atoms with Gasteiger partial charge in [0, 0.05) is 12.2 Å². The molecular weight excluding hydrogens is 304 g/mol. The molecule has 0 aliphatic carbocycles. The fraction of sp³-hybridized carbons (Fsp3) is 0.471. The van der Waals surface area contributed by atoms with E-state index in [1.54, 1.807) is 0 Å². The molecule has 0 spiro atoms. The van der Waals surface area contributed by atoms with Crippen LogP contribution in [0.4, 0.5) is 10.5 Å². The first-order valence-electron chi connectivity index (χ1n) is 8.05. The lowest BCUT2D eigenvalue weighted by molar-refractivity contribution is 0.244. The summed E-state index contributed by atoms with van der Waals surface area (Å²) in [5.41, 5.74) is 1.91. The maximum atomic E-state index is 12.3. The van der Waals surface area contributed by atoms with Gasteiger partial charge in [-0.15, -0.1) is 0 Å². The van der Waals surface area contributed by atoms with E-state index in [9.17, 15) is 4.79 Å². The third kappa shape index (κ3) is 5.06. The second-order valence-electron chi connectivity index (χ2n) is 6.54. The number of benzene rings is 1. The molecule has 0 unspecified atom stereocenters. The van der Waals surface area contributed by atoms with Gasteiger partial charge in [0.25, 0.3) is 0 Å². The van der Waals surface area contributed by atoms with Crippen LogP contribution in [0.3, 0.4) is 0 Å². The number of hydrogen-bond acceptors (Lipinski definition) is 4. The number of aryl methyl sites for hydroxylation is 1. The Labute approximate surface area is 142 Å². The van der Waals surface area contributed by atoms with Gasteiger partial charge in [-0.3, -0.25) is 5.10 Å². The van der Waals surface area contributed by atoms with E-state index in [-0.39, 0.29) is 18.0 Å². The van der Waals surface area contributed by atoms with Crippen LogP contribution in [-0.2, 0) is 6.54 Å². The first-order chi connectivity index (χ1) is 11.3. The first kappa shape index (κ1) is 17.9. The highest BCUT2D eigenvalue weighted by molar-refractivity contribution is 5.89. The Balaban J connectivity index is 2.03. The molecule has 0 fully saturated rings. The fourth-order valence-corrected chi connectivity index (χ4v) is 2.45.